The Morgan fingerprint density at radius 3 is 2.33 bits per heavy atom. The van der Waals surface area contributed by atoms with Crippen LogP contribution in [0.3, 0.4) is 0 Å². The fourth-order valence-corrected chi connectivity index (χ4v) is 2.09. The molecule has 0 fully saturated rings. The largest absolute Gasteiger partial charge is 0.480 e. The van der Waals surface area contributed by atoms with E-state index in [-0.39, 0.29) is 11.3 Å². The van der Waals surface area contributed by atoms with Crippen molar-refractivity contribution in [2.24, 2.45) is 0 Å². The third kappa shape index (κ3) is 3.60. The summed E-state index contributed by atoms with van der Waals surface area (Å²) in [6.45, 7) is -0.772. The van der Waals surface area contributed by atoms with Gasteiger partial charge in [-0.05, 0) is 18.2 Å². The average Bonchev–Trinajstić information content (AvgIpc) is 2.24. The number of ether oxygens (including phenoxy) is 1. The van der Waals surface area contributed by atoms with E-state index in [1.165, 1.54) is 0 Å². The lowest BCUT2D eigenvalue weighted by molar-refractivity contribution is -0.139. The van der Waals surface area contributed by atoms with Gasteiger partial charge in [0.2, 0.25) is 0 Å². The van der Waals surface area contributed by atoms with Crippen LogP contribution in [0.2, 0.25) is 0 Å². The Morgan fingerprint density at radius 2 is 1.89 bits per heavy atom. The van der Waals surface area contributed by atoms with Crippen LogP contribution < -0.4 is 4.74 Å². The van der Waals surface area contributed by atoms with E-state index < -0.39 is 32.5 Å². The molecule has 18 heavy (non-hydrogen) atoms. The van der Waals surface area contributed by atoms with Crippen molar-refractivity contribution in [2.45, 2.75) is 4.90 Å². The topological polar surface area (TPSA) is 118 Å². The number of benzene rings is 1. The molecule has 0 spiro atoms. The standard InChI is InChI=1S/C9H7ClO7S/c10-18(15,16)7-3-5(9(13)14)1-2-6(7)17-4-8(11)12/h1-3H,4H2,(H,11,12)(H,13,14). The van der Waals surface area contributed by atoms with Gasteiger partial charge in [-0.2, -0.15) is 0 Å². The summed E-state index contributed by atoms with van der Waals surface area (Å²) in [7, 11) is 0.861. The summed E-state index contributed by atoms with van der Waals surface area (Å²) < 4.78 is 27.1. The lowest BCUT2D eigenvalue weighted by Gasteiger charge is -2.08. The molecule has 0 atom stereocenters. The van der Waals surface area contributed by atoms with Crippen LogP contribution in [-0.4, -0.2) is 37.2 Å². The van der Waals surface area contributed by atoms with Gasteiger partial charge in [-0.1, -0.05) is 0 Å². The zero-order valence-electron chi connectivity index (χ0n) is 8.66. The summed E-state index contributed by atoms with van der Waals surface area (Å²) >= 11 is 0. The first-order valence-corrected chi connectivity index (χ1v) is 6.69. The summed E-state index contributed by atoms with van der Waals surface area (Å²) in [4.78, 5) is 20.4. The van der Waals surface area contributed by atoms with E-state index in [1.807, 2.05) is 0 Å². The monoisotopic (exact) mass is 294 g/mol. The third-order valence-electron chi connectivity index (χ3n) is 1.80. The minimum Gasteiger partial charge on any atom is -0.480 e. The second kappa shape index (κ2) is 5.23. The van der Waals surface area contributed by atoms with E-state index >= 15 is 0 Å². The molecule has 0 heterocycles. The molecule has 0 aromatic heterocycles. The molecule has 1 aromatic carbocycles. The van der Waals surface area contributed by atoms with Crippen LogP contribution >= 0.6 is 10.7 Å². The summed E-state index contributed by atoms with van der Waals surface area (Å²) in [5.41, 5.74) is -0.308. The smallest absolute Gasteiger partial charge is 0.341 e. The Labute approximate surface area is 106 Å². The molecule has 0 unspecified atom stereocenters. The summed E-state index contributed by atoms with van der Waals surface area (Å²) in [6, 6.07) is 2.90. The van der Waals surface area contributed by atoms with Crippen LogP contribution in [0.1, 0.15) is 10.4 Å². The first-order valence-electron chi connectivity index (χ1n) is 4.38. The van der Waals surface area contributed by atoms with Crippen molar-refractivity contribution in [3.63, 3.8) is 0 Å². The number of hydrogen-bond donors (Lipinski definition) is 2. The minimum absolute atomic E-state index is 0.308. The average molecular weight is 295 g/mol. The molecule has 0 aliphatic heterocycles. The van der Waals surface area contributed by atoms with Crippen LogP contribution in [0.4, 0.5) is 0 Å². The molecule has 0 radical (unpaired) electrons. The molecule has 9 heteroatoms. The van der Waals surface area contributed by atoms with Gasteiger partial charge in [-0.15, -0.1) is 0 Å². The quantitative estimate of drug-likeness (QED) is 0.770. The Kier molecular flexibility index (Phi) is 4.15. The minimum atomic E-state index is -4.25. The highest BCUT2D eigenvalue weighted by atomic mass is 35.7. The SMILES string of the molecule is O=C(O)COc1ccc(C(=O)O)cc1S(=O)(=O)Cl. The molecule has 1 aromatic rings. The van der Waals surface area contributed by atoms with E-state index in [2.05, 4.69) is 0 Å². The number of carboxylic acids is 2. The number of carboxylic acid groups (broad SMARTS) is 2. The van der Waals surface area contributed by atoms with Gasteiger partial charge < -0.3 is 14.9 Å². The summed E-state index contributed by atoms with van der Waals surface area (Å²) in [5.74, 6) is -2.98. The van der Waals surface area contributed by atoms with E-state index in [0.29, 0.717) is 0 Å². The number of aromatic carboxylic acids is 1. The maximum atomic E-state index is 11.2. The second-order valence-electron chi connectivity index (χ2n) is 3.09. The molecule has 0 saturated heterocycles. The lowest BCUT2D eigenvalue weighted by atomic mass is 10.2. The van der Waals surface area contributed by atoms with Gasteiger partial charge in [0.1, 0.15) is 10.6 Å². The van der Waals surface area contributed by atoms with E-state index in [9.17, 15) is 18.0 Å². The van der Waals surface area contributed by atoms with Gasteiger partial charge in [0, 0.05) is 10.7 Å². The molecular weight excluding hydrogens is 288 g/mol. The molecule has 2 N–H and O–H groups in total. The Balaban J connectivity index is 3.26. The highest BCUT2D eigenvalue weighted by molar-refractivity contribution is 8.13. The predicted octanol–water partition coefficient (Wildman–Crippen LogP) is 0.776. The Morgan fingerprint density at radius 1 is 1.28 bits per heavy atom. The maximum Gasteiger partial charge on any atom is 0.341 e. The highest BCUT2D eigenvalue weighted by Gasteiger charge is 2.20. The molecule has 1 rings (SSSR count). The molecule has 0 bridgehead atoms. The first kappa shape index (κ1) is 14.3. The lowest BCUT2D eigenvalue weighted by Crippen LogP contribution is -2.11. The predicted molar refractivity (Wildman–Crippen MR) is 59.6 cm³/mol. The van der Waals surface area contributed by atoms with E-state index in [4.69, 9.17) is 25.6 Å². The van der Waals surface area contributed by atoms with Gasteiger partial charge in [-0.3, -0.25) is 0 Å². The van der Waals surface area contributed by atoms with Crippen molar-refractivity contribution in [3.8, 4) is 5.75 Å². The zero-order valence-corrected chi connectivity index (χ0v) is 10.2. The molecular formula is C9H7ClO7S. The fourth-order valence-electron chi connectivity index (χ4n) is 1.09. The van der Waals surface area contributed by atoms with Crippen molar-refractivity contribution in [1.29, 1.82) is 0 Å². The molecule has 0 saturated carbocycles. The Hall–Kier alpha value is -1.80. The van der Waals surface area contributed by atoms with Crippen LogP contribution in [0.15, 0.2) is 23.1 Å². The highest BCUT2D eigenvalue weighted by Crippen LogP contribution is 2.28. The number of aliphatic carboxylic acids is 1. The number of hydrogen-bond acceptors (Lipinski definition) is 5. The van der Waals surface area contributed by atoms with E-state index in [0.717, 1.165) is 18.2 Å². The van der Waals surface area contributed by atoms with Gasteiger partial charge >= 0.3 is 11.9 Å². The Bertz CT molecular complexity index is 593. The van der Waals surface area contributed by atoms with Gasteiger partial charge in [0.15, 0.2) is 6.61 Å². The van der Waals surface area contributed by atoms with Gasteiger partial charge in [-0.25, -0.2) is 18.0 Å². The van der Waals surface area contributed by atoms with Crippen molar-refractivity contribution < 1.29 is 33.0 Å². The van der Waals surface area contributed by atoms with Crippen LogP contribution in [0.5, 0.6) is 5.75 Å². The maximum absolute atomic E-state index is 11.2. The molecule has 98 valence electrons. The van der Waals surface area contributed by atoms with Crippen LogP contribution in [-0.2, 0) is 13.8 Å². The van der Waals surface area contributed by atoms with Crippen LogP contribution in [0, 0.1) is 0 Å². The molecule has 0 amide bonds. The normalized spacial score (nSPS) is 10.9. The molecule has 0 aliphatic carbocycles. The molecule has 7 nitrogen and oxygen atoms in total. The number of rotatable bonds is 5. The van der Waals surface area contributed by atoms with E-state index in [1.54, 1.807) is 0 Å². The van der Waals surface area contributed by atoms with Crippen molar-refractivity contribution >= 4 is 31.7 Å². The summed E-state index contributed by atoms with van der Waals surface area (Å²) in [5, 5.41) is 17.1. The van der Waals surface area contributed by atoms with Crippen molar-refractivity contribution in [2.75, 3.05) is 6.61 Å². The van der Waals surface area contributed by atoms with Gasteiger partial charge in [0.05, 0.1) is 5.56 Å². The van der Waals surface area contributed by atoms with Crippen LogP contribution in [0.25, 0.3) is 0 Å². The molecule has 0 aliphatic rings. The third-order valence-corrected chi connectivity index (χ3v) is 3.15. The van der Waals surface area contributed by atoms with Crippen molar-refractivity contribution in [1.82, 2.24) is 0 Å². The first-order chi connectivity index (χ1) is 8.21. The second-order valence-corrected chi connectivity index (χ2v) is 5.62. The van der Waals surface area contributed by atoms with Crippen molar-refractivity contribution in [3.05, 3.63) is 23.8 Å². The number of carbonyl (C=O) groups is 2. The number of halogens is 1. The van der Waals surface area contributed by atoms with Gasteiger partial charge in [0.25, 0.3) is 9.05 Å². The summed E-state index contributed by atoms with van der Waals surface area (Å²) in [6.07, 6.45) is 0. The zero-order chi connectivity index (χ0) is 13.9. The fraction of sp³-hybridized carbons (Fsp3) is 0.111.